The minimum Gasteiger partial charge on any atom is -0.494 e. The minimum atomic E-state index is -2.79. The number of carbonyl (C=O) groups excluding carboxylic acids is 4. The molecule has 4 amide bonds. The van der Waals surface area contributed by atoms with Crippen molar-refractivity contribution in [3.05, 3.63) is 82.2 Å². The summed E-state index contributed by atoms with van der Waals surface area (Å²) in [6.45, 7) is 10.5. The number of ether oxygens (including phenoxy) is 1. The molecule has 72 heavy (non-hydrogen) atoms. The van der Waals surface area contributed by atoms with Gasteiger partial charge in [0.1, 0.15) is 30.3 Å². The summed E-state index contributed by atoms with van der Waals surface area (Å²) in [5.74, 6) is 0.294. The molecule has 3 aromatic carbocycles. The molecule has 1 saturated carbocycles. The molecule has 5 aliphatic rings. The van der Waals surface area contributed by atoms with Crippen LogP contribution < -0.4 is 35.8 Å². The van der Waals surface area contributed by atoms with Crippen molar-refractivity contribution >= 4 is 97.6 Å². The van der Waals surface area contributed by atoms with Crippen molar-refractivity contribution in [1.82, 2.24) is 40.0 Å². The molecule has 19 nitrogen and oxygen atoms in total. The van der Waals surface area contributed by atoms with Gasteiger partial charge in [-0.05, 0) is 110 Å². The zero-order valence-electron chi connectivity index (χ0n) is 41.1. The molecular formula is C51H60BrN12O7P. The number of methoxy groups -OCH3 is 1. The fraction of sp³-hybridized carbons (Fsp3) is 0.451. The zero-order chi connectivity index (χ0) is 50.6. The fourth-order valence-corrected chi connectivity index (χ4v) is 12.8. The highest BCUT2D eigenvalue weighted by molar-refractivity contribution is 9.10. The van der Waals surface area contributed by atoms with E-state index in [1.54, 1.807) is 51.2 Å². The molecular weight excluding hydrogens is 1000 g/mol. The first kappa shape index (κ1) is 49.4. The van der Waals surface area contributed by atoms with Crippen molar-refractivity contribution in [3.8, 4) is 5.75 Å². The van der Waals surface area contributed by atoms with Crippen molar-refractivity contribution in [1.29, 1.82) is 0 Å². The van der Waals surface area contributed by atoms with Gasteiger partial charge in [0.25, 0.3) is 5.91 Å². The maximum absolute atomic E-state index is 13.8. The van der Waals surface area contributed by atoms with Crippen LogP contribution in [0.4, 0.5) is 34.5 Å². The van der Waals surface area contributed by atoms with Gasteiger partial charge in [0.2, 0.25) is 23.7 Å². The smallest absolute Gasteiger partial charge is 0.257 e. The second-order valence-corrected chi connectivity index (χ2v) is 23.8. The highest BCUT2D eigenvalue weighted by atomic mass is 79.9. The number of piperazine rings is 1. The van der Waals surface area contributed by atoms with E-state index in [-0.39, 0.29) is 36.6 Å². The number of nitrogens with one attached hydrogen (secondary N) is 3. The number of aliphatic hydroxyl groups excluding tert-OH is 1. The van der Waals surface area contributed by atoms with E-state index in [2.05, 4.69) is 80.6 Å². The van der Waals surface area contributed by atoms with E-state index in [1.807, 2.05) is 30.1 Å². The van der Waals surface area contributed by atoms with Crippen LogP contribution in [0.2, 0.25) is 0 Å². The van der Waals surface area contributed by atoms with Crippen LogP contribution in [0.1, 0.15) is 73.2 Å². The molecule has 4 aliphatic heterocycles. The van der Waals surface area contributed by atoms with Crippen LogP contribution in [0.25, 0.3) is 11.0 Å². The van der Waals surface area contributed by atoms with Gasteiger partial charge in [0, 0.05) is 118 Å². The number of hydrogen-bond acceptors (Lipinski definition) is 16. The van der Waals surface area contributed by atoms with Gasteiger partial charge in [-0.3, -0.25) is 44.3 Å². The summed E-state index contributed by atoms with van der Waals surface area (Å²) < 4.78 is 20.1. The standard InChI is InChI=1S/C51H60BrN12O7P/c1-6-29-25-39(57-51-55-28-36(52)46(59-51)56-38-10-9-37-44(54-16-15-53-37)45(38)72(4,5)70)42(71-3)27-41(29)62-17-13-31(14-18-62)61-19-21-63(22-20-61)48(67)30-23-33(24-30)60(2)32-7-8-34-35(26-32)50(69)64(49(34)68)40-11-12-43(65)58-47(40)66/h7-10,15-16,25-28,30-31,33,40,50,69H,6,11-14,17-24H2,1-5H3,(H,58,65,66)(H2,55,56,57,59)/t30-,33-,40?,50?. The number of aliphatic hydroxyl groups is 1. The lowest BCUT2D eigenvalue weighted by Gasteiger charge is -2.46. The Morgan fingerprint density at radius 2 is 1.69 bits per heavy atom. The Labute approximate surface area is 426 Å². The Morgan fingerprint density at radius 1 is 0.944 bits per heavy atom. The molecule has 0 radical (unpaired) electrons. The van der Waals surface area contributed by atoms with Crippen molar-refractivity contribution in [2.45, 2.75) is 76.2 Å². The number of carbonyl (C=O) groups is 4. The number of anilines is 6. The highest BCUT2D eigenvalue weighted by Gasteiger charge is 2.45. The van der Waals surface area contributed by atoms with Crippen LogP contribution in [0.3, 0.4) is 0 Å². The number of imide groups is 1. The molecule has 2 unspecified atom stereocenters. The predicted octanol–water partition coefficient (Wildman–Crippen LogP) is 5.77. The first-order valence-electron chi connectivity index (χ1n) is 24.7. The van der Waals surface area contributed by atoms with Gasteiger partial charge < -0.3 is 39.7 Å². The summed E-state index contributed by atoms with van der Waals surface area (Å²) in [5, 5.41) is 20.8. The van der Waals surface area contributed by atoms with Crippen molar-refractivity contribution < 1.29 is 33.6 Å². The van der Waals surface area contributed by atoms with E-state index in [9.17, 15) is 28.8 Å². The highest BCUT2D eigenvalue weighted by Crippen LogP contribution is 2.43. The number of piperidine rings is 2. The van der Waals surface area contributed by atoms with Crippen LogP contribution in [0, 0.1) is 5.92 Å². The van der Waals surface area contributed by atoms with E-state index in [4.69, 9.17) is 9.72 Å². The second-order valence-electron chi connectivity index (χ2n) is 19.7. The van der Waals surface area contributed by atoms with Crippen LogP contribution >= 0.6 is 23.1 Å². The van der Waals surface area contributed by atoms with E-state index < -0.39 is 31.2 Å². The Morgan fingerprint density at radius 3 is 2.40 bits per heavy atom. The summed E-state index contributed by atoms with van der Waals surface area (Å²) >= 11 is 3.59. The minimum absolute atomic E-state index is 0.0510. The first-order chi connectivity index (χ1) is 34.6. The largest absolute Gasteiger partial charge is 0.494 e. The molecule has 6 heterocycles. The molecule has 1 aliphatic carbocycles. The summed E-state index contributed by atoms with van der Waals surface area (Å²) in [4.78, 5) is 79.9. The van der Waals surface area contributed by atoms with Gasteiger partial charge >= 0.3 is 0 Å². The third-order valence-electron chi connectivity index (χ3n) is 15.1. The van der Waals surface area contributed by atoms with Crippen molar-refractivity contribution in [3.63, 3.8) is 0 Å². The van der Waals surface area contributed by atoms with E-state index in [0.29, 0.717) is 74.3 Å². The third-order valence-corrected chi connectivity index (χ3v) is 17.2. The average Bonchev–Trinajstić information content (AvgIpc) is 3.61. The zero-order valence-corrected chi connectivity index (χ0v) is 43.6. The molecule has 2 atom stereocenters. The van der Waals surface area contributed by atoms with Gasteiger partial charge in [-0.1, -0.05) is 6.92 Å². The lowest BCUT2D eigenvalue weighted by Crippen LogP contribution is -2.57. The molecule has 21 heteroatoms. The molecule has 0 bridgehead atoms. The summed E-state index contributed by atoms with van der Waals surface area (Å²) in [7, 11) is 0.841. The monoisotopic (exact) mass is 1060 g/mol. The number of nitrogens with zero attached hydrogens (tertiary/aromatic N) is 9. The molecule has 378 valence electrons. The van der Waals surface area contributed by atoms with Gasteiger partial charge in [-0.25, -0.2) is 4.98 Å². The Hall–Kier alpha value is -6.21. The first-order valence-corrected chi connectivity index (χ1v) is 28.0. The number of hydrogen-bond donors (Lipinski definition) is 4. The topological polar surface area (TPSA) is 219 Å². The second kappa shape index (κ2) is 20.0. The van der Waals surface area contributed by atoms with Crippen molar-refractivity contribution in [2.75, 3.05) is 87.2 Å². The quantitative estimate of drug-likeness (QED) is 0.0813. The molecule has 0 spiro atoms. The van der Waals surface area contributed by atoms with Gasteiger partial charge in [0.15, 0.2) is 6.23 Å². The van der Waals surface area contributed by atoms with Crippen LogP contribution in [-0.4, -0.2) is 148 Å². The molecule has 4 fully saturated rings. The van der Waals surface area contributed by atoms with Gasteiger partial charge in [-0.15, -0.1) is 0 Å². The molecule has 4 N–H and O–H groups in total. The number of rotatable bonds is 13. The number of halogens is 1. The fourth-order valence-electron chi connectivity index (χ4n) is 11.1. The number of fused-ring (bicyclic) bond motifs is 2. The van der Waals surface area contributed by atoms with E-state index in [1.165, 1.54) is 10.5 Å². The number of benzene rings is 3. The summed E-state index contributed by atoms with van der Waals surface area (Å²) in [5.41, 5.74) is 6.55. The van der Waals surface area contributed by atoms with Crippen LogP contribution in [0.15, 0.2) is 65.5 Å². The van der Waals surface area contributed by atoms with Crippen molar-refractivity contribution in [2.24, 2.45) is 5.92 Å². The van der Waals surface area contributed by atoms with E-state index in [0.717, 1.165) is 75.3 Å². The van der Waals surface area contributed by atoms with Gasteiger partial charge in [0.05, 0.1) is 33.8 Å². The Balaban J connectivity index is 0.715. The van der Waals surface area contributed by atoms with E-state index >= 15 is 0 Å². The normalized spacial score (nSPS) is 21.9. The molecule has 3 saturated heterocycles. The van der Waals surface area contributed by atoms with Crippen LogP contribution in [-0.2, 0) is 25.4 Å². The third kappa shape index (κ3) is 9.49. The summed E-state index contributed by atoms with van der Waals surface area (Å²) in [6.07, 6.45) is 8.16. The maximum atomic E-state index is 13.8. The predicted molar refractivity (Wildman–Crippen MR) is 279 cm³/mol. The molecule has 10 rings (SSSR count). The molecule has 5 aromatic rings. The molecule has 2 aromatic heterocycles. The summed E-state index contributed by atoms with van der Waals surface area (Å²) in [6, 6.07) is 12.9. The maximum Gasteiger partial charge on any atom is 0.257 e. The van der Waals surface area contributed by atoms with Gasteiger partial charge in [-0.2, -0.15) is 4.98 Å². The van der Waals surface area contributed by atoms with Crippen LogP contribution in [0.5, 0.6) is 5.75 Å². The lowest BCUT2D eigenvalue weighted by atomic mass is 9.78. The SMILES string of the molecule is CCc1cc(Nc2ncc(Br)c(Nc3ccc4nccnc4c3P(C)(C)=O)n2)c(OC)cc1N1CCC(N2CCN(C(=O)[C@H]3C[C@H](N(C)c4ccc5c(c4)C(O)N(C4CCC(=O)NC4=O)C5=O)C3)CC2)CC1. The number of aromatic nitrogens is 4. The Kier molecular flexibility index (Phi) is 13.7. The lowest BCUT2D eigenvalue weighted by molar-refractivity contribution is -0.141. The number of amides is 4. The Bertz CT molecular complexity index is 3010. The average molecular weight is 1060 g/mol. The number of aryl methyl sites for hydroxylation is 1.